The second-order valence-corrected chi connectivity index (χ2v) is 6.74. The lowest BCUT2D eigenvalue weighted by Gasteiger charge is -2.11. The monoisotopic (exact) mass is 350 g/mol. The molecule has 0 aliphatic rings. The van der Waals surface area contributed by atoms with E-state index in [0.29, 0.717) is 6.42 Å². The fraction of sp³-hybridized carbons (Fsp3) is 0.188. The Kier molecular flexibility index (Phi) is 4.15. The third-order valence-corrected chi connectivity index (χ3v) is 4.97. The number of hydrogen-bond acceptors (Lipinski definition) is 5. The number of hydrogen-bond donors (Lipinski definition) is 1. The first-order valence-corrected chi connectivity index (χ1v) is 8.68. The van der Waals surface area contributed by atoms with Gasteiger partial charge in [-0.1, -0.05) is 24.2 Å². The van der Waals surface area contributed by atoms with Gasteiger partial charge in [-0.15, -0.1) is 0 Å². The average Bonchev–Trinajstić information content (AvgIpc) is 2.98. The zero-order chi connectivity index (χ0) is 17.3. The van der Waals surface area contributed by atoms with E-state index in [1.807, 2.05) is 6.92 Å². The van der Waals surface area contributed by atoms with Crippen molar-refractivity contribution >= 4 is 26.8 Å². The van der Waals surface area contributed by atoms with Crippen LogP contribution >= 0.6 is 0 Å². The Labute approximate surface area is 138 Å². The van der Waals surface area contributed by atoms with E-state index < -0.39 is 15.8 Å². The molecular weight excluding hydrogens is 335 g/mol. The number of methoxy groups -OCH3 is 1. The fourth-order valence-corrected chi connectivity index (χ4v) is 3.57. The van der Waals surface area contributed by atoms with Gasteiger partial charge >= 0.3 is 0 Å². The highest BCUT2D eigenvalue weighted by molar-refractivity contribution is 7.92. The van der Waals surface area contributed by atoms with Crippen LogP contribution in [0.15, 0.2) is 45.8 Å². The molecule has 3 rings (SSSR count). The smallest absolute Gasteiger partial charge is 0.266 e. The van der Waals surface area contributed by atoms with Crippen LogP contribution in [0.1, 0.15) is 12.5 Å². The molecule has 126 valence electrons. The fourth-order valence-electron chi connectivity index (χ4n) is 2.34. The van der Waals surface area contributed by atoms with Gasteiger partial charge in [0.25, 0.3) is 10.0 Å². The van der Waals surface area contributed by atoms with E-state index in [4.69, 9.17) is 9.26 Å². The van der Waals surface area contributed by atoms with Crippen molar-refractivity contribution in [1.82, 2.24) is 5.16 Å². The molecule has 2 aromatic carbocycles. The Morgan fingerprint density at radius 1 is 1.29 bits per heavy atom. The number of benzene rings is 2. The summed E-state index contributed by atoms with van der Waals surface area (Å²) in [5.74, 6) is -0.483. The summed E-state index contributed by atoms with van der Waals surface area (Å²) in [4.78, 5) is -0.0168. The highest BCUT2D eigenvalue weighted by atomic mass is 32.2. The van der Waals surface area contributed by atoms with E-state index in [1.165, 1.54) is 31.4 Å². The molecule has 0 radical (unpaired) electrons. The summed E-state index contributed by atoms with van der Waals surface area (Å²) < 4.78 is 51.4. The van der Waals surface area contributed by atoms with Crippen LogP contribution in [0.25, 0.3) is 11.0 Å². The van der Waals surface area contributed by atoms with Gasteiger partial charge in [-0.3, -0.25) is 4.72 Å². The first-order chi connectivity index (χ1) is 11.5. The van der Waals surface area contributed by atoms with Crippen molar-refractivity contribution in [1.29, 1.82) is 0 Å². The average molecular weight is 350 g/mol. The molecule has 1 heterocycles. The van der Waals surface area contributed by atoms with Crippen molar-refractivity contribution in [2.45, 2.75) is 18.2 Å². The lowest BCUT2D eigenvalue weighted by molar-refractivity contribution is 0.402. The number of fused-ring (bicyclic) bond motifs is 1. The summed E-state index contributed by atoms with van der Waals surface area (Å²) in [6.07, 6.45) is 0.671. The lowest BCUT2D eigenvalue weighted by Crippen LogP contribution is -2.15. The van der Waals surface area contributed by atoms with Crippen LogP contribution in [0.2, 0.25) is 0 Å². The second kappa shape index (κ2) is 6.12. The number of nitrogens with zero attached hydrogens (tertiary/aromatic N) is 1. The molecule has 1 aromatic heterocycles. The SMILES string of the molecule is CCc1ccc(OC)c(S(=O)(=O)Nc2noc3c(F)cccc23)c1. The van der Waals surface area contributed by atoms with Gasteiger partial charge < -0.3 is 9.26 Å². The molecule has 0 amide bonds. The van der Waals surface area contributed by atoms with Gasteiger partial charge in [-0.05, 0) is 36.2 Å². The van der Waals surface area contributed by atoms with Gasteiger partial charge in [0.05, 0.1) is 12.5 Å². The van der Waals surface area contributed by atoms with Gasteiger partial charge in [0.15, 0.2) is 11.6 Å². The van der Waals surface area contributed by atoms with Crippen molar-refractivity contribution < 1.29 is 22.1 Å². The van der Waals surface area contributed by atoms with Crippen molar-refractivity contribution in [2.24, 2.45) is 0 Å². The first kappa shape index (κ1) is 16.3. The largest absolute Gasteiger partial charge is 0.495 e. The molecule has 24 heavy (non-hydrogen) atoms. The summed E-state index contributed by atoms with van der Waals surface area (Å²) >= 11 is 0. The maximum Gasteiger partial charge on any atom is 0.266 e. The van der Waals surface area contributed by atoms with Gasteiger partial charge in [0.2, 0.25) is 5.58 Å². The van der Waals surface area contributed by atoms with Crippen LogP contribution < -0.4 is 9.46 Å². The Hall–Kier alpha value is -2.61. The standard InChI is InChI=1S/C16H15FN2O4S/c1-3-10-7-8-13(22-2)14(9-10)24(20,21)19-16-11-5-4-6-12(17)15(11)23-18-16/h4-9H,3H2,1-2H3,(H,18,19). The topological polar surface area (TPSA) is 81.4 Å². The maximum absolute atomic E-state index is 13.6. The summed E-state index contributed by atoms with van der Waals surface area (Å²) in [7, 11) is -2.59. The predicted octanol–water partition coefficient (Wildman–Crippen LogP) is 3.34. The molecule has 0 spiro atoms. The highest BCUT2D eigenvalue weighted by Crippen LogP contribution is 2.30. The molecule has 0 fully saturated rings. The summed E-state index contributed by atoms with van der Waals surface area (Å²) in [6.45, 7) is 1.92. The molecule has 3 aromatic rings. The Morgan fingerprint density at radius 3 is 2.79 bits per heavy atom. The van der Waals surface area contributed by atoms with E-state index in [9.17, 15) is 12.8 Å². The maximum atomic E-state index is 13.6. The van der Waals surface area contributed by atoms with Crippen LogP contribution in [0, 0.1) is 5.82 Å². The number of nitrogens with one attached hydrogen (secondary N) is 1. The Balaban J connectivity index is 2.07. The molecular formula is C16H15FN2O4S. The van der Waals surface area contributed by atoms with Gasteiger partial charge in [0.1, 0.15) is 10.6 Å². The minimum Gasteiger partial charge on any atom is -0.495 e. The van der Waals surface area contributed by atoms with Crippen molar-refractivity contribution in [2.75, 3.05) is 11.8 Å². The van der Waals surface area contributed by atoms with Crippen LogP contribution in [-0.2, 0) is 16.4 Å². The molecule has 0 atom stereocenters. The normalized spacial score (nSPS) is 11.6. The van der Waals surface area contributed by atoms with E-state index in [0.717, 1.165) is 5.56 Å². The third-order valence-electron chi connectivity index (χ3n) is 3.61. The molecule has 0 aliphatic heterocycles. The van der Waals surface area contributed by atoms with Crippen LogP contribution in [0.5, 0.6) is 5.75 Å². The van der Waals surface area contributed by atoms with Crippen molar-refractivity contribution in [3.05, 3.63) is 47.8 Å². The number of aryl methyl sites for hydroxylation is 1. The van der Waals surface area contributed by atoms with Crippen molar-refractivity contribution in [3.63, 3.8) is 0 Å². The zero-order valence-corrected chi connectivity index (χ0v) is 13.9. The summed E-state index contributed by atoms with van der Waals surface area (Å²) in [5, 5.41) is 3.86. The molecule has 8 heteroatoms. The summed E-state index contributed by atoms with van der Waals surface area (Å²) in [5.41, 5.74) is 0.733. The van der Waals surface area contributed by atoms with E-state index in [2.05, 4.69) is 9.88 Å². The molecule has 0 aliphatic carbocycles. The summed E-state index contributed by atoms with van der Waals surface area (Å²) in [6, 6.07) is 9.09. The lowest BCUT2D eigenvalue weighted by atomic mass is 10.2. The van der Waals surface area contributed by atoms with E-state index >= 15 is 0 Å². The molecule has 1 N–H and O–H groups in total. The zero-order valence-electron chi connectivity index (χ0n) is 13.0. The van der Waals surface area contributed by atoms with Crippen molar-refractivity contribution in [3.8, 4) is 5.75 Å². The number of sulfonamides is 1. The van der Waals surface area contributed by atoms with Gasteiger partial charge in [-0.2, -0.15) is 0 Å². The van der Waals surface area contributed by atoms with Crippen LogP contribution in [0.3, 0.4) is 0 Å². The number of ether oxygens (including phenoxy) is 1. The number of anilines is 1. The van der Waals surface area contributed by atoms with E-state index in [1.54, 1.807) is 12.1 Å². The minimum absolute atomic E-state index is 0.0168. The highest BCUT2D eigenvalue weighted by Gasteiger charge is 2.23. The Bertz CT molecular complexity index is 998. The van der Waals surface area contributed by atoms with E-state index in [-0.39, 0.29) is 27.4 Å². The molecule has 0 bridgehead atoms. The van der Waals surface area contributed by atoms with Gasteiger partial charge in [0, 0.05) is 0 Å². The molecule has 0 saturated heterocycles. The first-order valence-electron chi connectivity index (χ1n) is 7.20. The number of halogens is 1. The Morgan fingerprint density at radius 2 is 2.08 bits per heavy atom. The third kappa shape index (κ3) is 2.80. The van der Waals surface area contributed by atoms with Crippen LogP contribution in [-0.4, -0.2) is 20.7 Å². The second-order valence-electron chi connectivity index (χ2n) is 5.09. The predicted molar refractivity (Wildman–Crippen MR) is 87.1 cm³/mol. The molecule has 0 saturated carbocycles. The number of rotatable bonds is 5. The number of aromatic nitrogens is 1. The quantitative estimate of drug-likeness (QED) is 0.763. The van der Waals surface area contributed by atoms with Crippen LogP contribution in [0.4, 0.5) is 10.2 Å². The molecule has 6 nitrogen and oxygen atoms in total. The number of para-hydroxylation sites is 1. The molecule has 0 unspecified atom stereocenters. The van der Waals surface area contributed by atoms with Gasteiger partial charge in [-0.25, -0.2) is 12.8 Å². The minimum atomic E-state index is -3.98.